The van der Waals surface area contributed by atoms with Gasteiger partial charge in [-0.2, -0.15) is 26.3 Å². The van der Waals surface area contributed by atoms with Crippen LogP contribution in [0, 0.1) is 0 Å². The first-order valence-electron chi connectivity index (χ1n) is 10.9. The third kappa shape index (κ3) is 5.56. The lowest BCUT2D eigenvalue weighted by atomic mass is 9.87. The maximum Gasteiger partial charge on any atom is 0.435 e. The van der Waals surface area contributed by atoms with Crippen molar-refractivity contribution in [3.63, 3.8) is 0 Å². The summed E-state index contributed by atoms with van der Waals surface area (Å²) in [5.74, 6) is -1.78. The fourth-order valence-corrected chi connectivity index (χ4v) is 6.09. The molecule has 16 heteroatoms. The van der Waals surface area contributed by atoms with Crippen LogP contribution < -0.4 is 10.6 Å². The molecule has 0 bridgehead atoms. The zero-order valence-electron chi connectivity index (χ0n) is 18.9. The first-order valence-corrected chi connectivity index (χ1v) is 12.8. The number of carbonyl (C=O) groups excluding carboxylic acids is 2. The second kappa shape index (κ2) is 10.4. The van der Waals surface area contributed by atoms with Gasteiger partial charge in [-0.25, -0.2) is 0 Å². The van der Waals surface area contributed by atoms with E-state index in [9.17, 15) is 35.9 Å². The Morgan fingerprint density at radius 2 is 1.66 bits per heavy atom. The van der Waals surface area contributed by atoms with E-state index >= 15 is 0 Å². The molecule has 2 aliphatic rings. The van der Waals surface area contributed by atoms with Crippen LogP contribution in [0.25, 0.3) is 0 Å². The second-order valence-electron chi connectivity index (χ2n) is 8.53. The Kier molecular flexibility index (Phi) is 7.88. The van der Waals surface area contributed by atoms with Gasteiger partial charge in [0.15, 0.2) is 0 Å². The summed E-state index contributed by atoms with van der Waals surface area (Å²) in [5.41, 5.74) is -2.14. The predicted octanol–water partition coefficient (Wildman–Crippen LogP) is 6.19. The quantitative estimate of drug-likeness (QED) is 0.298. The number of nitrogens with one attached hydrogen (secondary N) is 2. The molecule has 38 heavy (non-hydrogen) atoms. The monoisotopic (exact) mass is 621 g/mol. The predicted molar refractivity (Wildman–Crippen MR) is 129 cm³/mol. The van der Waals surface area contributed by atoms with Crippen LogP contribution in [0.15, 0.2) is 17.3 Å². The van der Waals surface area contributed by atoms with E-state index in [0.29, 0.717) is 35.3 Å². The highest BCUT2D eigenvalue weighted by atomic mass is 35.5. The first kappa shape index (κ1) is 28.8. The number of nitrogens with zero attached hydrogens (tertiary/aromatic N) is 1. The summed E-state index contributed by atoms with van der Waals surface area (Å²) >= 11 is 18.7. The van der Waals surface area contributed by atoms with Crippen LogP contribution in [0.5, 0.6) is 0 Å². The molecule has 1 aliphatic heterocycles. The number of halogens is 9. The largest absolute Gasteiger partial charge is 0.435 e. The van der Waals surface area contributed by atoms with Gasteiger partial charge >= 0.3 is 12.4 Å². The van der Waals surface area contributed by atoms with Crippen LogP contribution in [-0.4, -0.2) is 43.0 Å². The maximum atomic E-state index is 14.4. The molecule has 1 aliphatic carbocycles. The van der Waals surface area contributed by atoms with Gasteiger partial charge in [-0.15, -0.1) is 11.3 Å². The van der Waals surface area contributed by atoms with Gasteiger partial charge in [-0.1, -0.05) is 40.0 Å². The molecule has 6 nitrogen and oxygen atoms in total. The van der Waals surface area contributed by atoms with Crippen molar-refractivity contribution < 1.29 is 40.8 Å². The average molecular weight is 623 g/mol. The van der Waals surface area contributed by atoms with Crippen molar-refractivity contribution in [1.82, 2.24) is 10.6 Å². The van der Waals surface area contributed by atoms with Crippen molar-refractivity contribution in [2.75, 3.05) is 13.1 Å². The normalized spacial score (nSPS) is 19.1. The van der Waals surface area contributed by atoms with Crippen LogP contribution >= 0.6 is 46.1 Å². The van der Waals surface area contributed by atoms with Gasteiger partial charge in [0.05, 0.1) is 37.8 Å². The van der Waals surface area contributed by atoms with Crippen molar-refractivity contribution >= 4 is 63.7 Å². The minimum Gasteiger partial charge on any atom is -0.374 e. The van der Waals surface area contributed by atoms with Crippen molar-refractivity contribution in [3.8, 4) is 0 Å². The highest BCUT2D eigenvalue weighted by Crippen LogP contribution is 2.51. The molecule has 4 rings (SSSR count). The summed E-state index contributed by atoms with van der Waals surface area (Å²) in [6.45, 7) is -2.26. The Labute approximate surface area is 230 Å². The lowest BCUT2D eigenvalue weighted by Gasteiger charge is -2.29. The molecule has 2 heterocycles. The minimum absolute atomic E-state index is 0.0466. The summed E-state index contributed by atoms with van der Waals surface area (Å²) in [7, 11) is 0. The number of oxime groups is 1. The average Bonchev–Trinajstić information content (AvgIpc) is 3.54. The van der Waals surface area contributed by atoms with E-state index in [4.69, 9.17) is 39.6 Å². The SMILES string of the molecule is O=C(CNC(=O)c1sc(C2=NOC(c3cc(Cl)c(Cl)c(Cl)c3)(C(F)(F)F)C2)c2c1CCC2)NCC(F)(F)F. The number of amides is 2. The minimum atomic E-state index is -4.94. The smallest absolute Gasteiger partial charge is 0.374 e. The van der Waals surface area contributed by atoms with Gasteiger partial charge in [0.25, 0.3) is 11.5 Å². The number of thiophene rings is 1. The topological polar surface area (TPSA) is 79.8 Å². The molecule has 0 radical (unpaired) electrons. The van der Waals surface area contributed by atoms with Gasteiger partial charge in [0, 0.05) is 5.56 Å². The summed E-state index contributed by atoms with van der Waals surface area (Å²) in [4.78, 5) is 29.9. The molecule has 2 N–H and O–H groups in total. The highest BCUT2D eigenvalue weighted by Gasteiger charge is 2.63. The Morgan fingerprint density at radius 3 is 2.26 bits per heavy atom. The lowest BCUT2D eigenvalue weighted by molar-refractivity contribution is -0.275. The van der Waals surface area contributed by atoms with Crippen LogP contribution in [0.3, 0.4) is 0 Å². The third-order valence-corrected chi connectivity index (χ3v) is 8.49. The summed E-state index contributed by atoms with van der Waals surface area (Å²) < 4.78 is 80.0. The molecular weight excluding hydrogens is 607 g/mol. The van der Waals surface area contributed by atoms with Gasteiger partial charge in [-0.3, -0.25) is 9.59 Å². The number of alkyl halides is 6. The third-order valence-electron chi connectivity index (χ3n) is 5.97. The maximum absolute atomic E-state index is 14.4. The first-order chi connectivity index (χ1) is 17.6. The van der Waals surface area contributed by atoms with Crippen LogP contribution in [0.2, 0.25) is 15.1 Å². The van der Waals surface area contributed by atoms with Gasteiger partial charge in [-0.05, 0) is 42.5 Å². The van der Waals surface area contributed by atoms with Gasteiger partial charge in [0.2, 0.25) is 5.91 Å². The van der Waals surface area contributed by atoms with Crippen molar-refractivity contribution in [2.24, 2.45) is 5.16 Å². The van der Waals surface area contributed by atoms with Crippen LogP contribution in [0.1, 0.15) is 44.1 Å². The molecule has 0 saturated carbocycles. The molecule has 1 unspecified atom stereocenters. The van der Waals surface area contributed by atoms with Crippen molar-refractivity contribution in [2.45, 2.75) is 43.6 Å². The van der Waals surface area contributed by atoms with Crippen molar-refractivity contribution in [1.29, 1.82) is 0 Å². The molecule has 1 aromatic carbocycles. The zero-order valence-corrected chi connectivity index (χ0v) is 22.0. The van der Waals surface area contributed by atoms with Crippen LogP contribution in [-0.2, 0) is 28.1 Å². The molecule has 1 aromatic heterocycles. The Hall–Kier alpha value is -2.22. The van der Waals surface area contributed by atoms with E-state index in [1.165, 1.54) is 0 Å². The fourth-order valence-electron chi connectivity index (χ4n) is 4.20. The standard InChI is InChI=1S/C22H16Cl3F6N3O3S/c23-12-4-9(5-13(24)16(12)25)20(22(29,30)31)6-14(34-37-20)17-10-2-1-3-11(10)18(38-17)19(36)32-7-15(35)33-8-21(26,27)28/h4-5H,1-3,6-8H2,(H,32,36)(H,33,35). The summed E-state index contributed by atoms with van der Waals surface area (Å²) in [6.07, 6.45) is -8.74. The van der Waals surface area contributed by atoms with E-state index in [0.717, 1.165) is 23.5 Å². The van der Waals surface area contributed by atoms with E-state index in [2.05, 4.69) is 10.5 Å². The molecule has 206 valence electrons. The van der Waals surface area contributed by atoms with Crippen molar-refractivity contribution in [3.05, 3.63) is 53.6 Å². The molecule has 0 spiro atoms. The number of carbonyl (C=O) groups is 2. The van der Waals surface area contributed by atoms with E-state index in [1.807, 2.05) is 0 Å². The molecule has 1 atom stereocenters. The summed E-state index contributed by atoms with van der Waals surface area (Å²) in [5, 5.41) is 7.11. The Morgan fingerprint density at radius 1 is 1.03 bits per heavy atom. The zero-order chi connectivity index (χ0) is 28.0. The van der Waals surface area contributed by atoms with E-state index < -0.39 is 54.8 Å². The number of rotatable bonds is 6. The van der Waals surface area contributed by atoms with E-state index in [-0.39, 0.29) is 25.7 Å². The molecule has 0 saturated heterocycles. The van der Waals surface area contributed by atoms with Gasteiger partial charge in [0.1, 0.15) is 12.3 Å². The van der Waals surface area contributed by atoms with E-state index in [1.54, 1.807) is 5.32 Å². The molecule has 0 fully saturated rings. The Bertz CT molecular complexity index is 1300. The summed E-state index contributed by atoms with van der Waals surface area (Å²) in [6, 6.07) is 2.01. The molecular formula is C22H16Cl3F6N3O3S. The lowest BCUT2D eigenvalue weighted by Crippen LogP contribution is -2.42. The van der Waals surface area contributed by atoms with Gasteiger partial charge < -0.3 is 15.5 Å². The number of benzene rings is 1. The van der Waals surface area contributed by atoms with Crippen LogP contribution in [0.4, 0.5) is 26.3 Å². The highest BCUT2D eigenvalue weighted by molar-refractivity contribution is 7.16. The number of fused-ring (bicyclic) bond motifs is 1. The molecule has 2 aromatic rings. The molecule has 2 amide bonds. The fraction of sp³-hybridized carbons (Fsp3) is 0.409. The number of hydrogen-bond donors (Lipinski definition) is 2. The second-order valence-corrected chi connectivity index (χ2v) is 10.7. The Balaban J connectivity index is 1.58. The number of hydrogen-bond acceptors (Lipinski definition) is 5.